The zero-order chi connectivity index (χ0) is 11.4. The molecule has 0 bridgehead atoms. The molecule has 0 aromatic heterocycles. The smallest absolute Gasteiger partial charge is 0.240 e. The molecule has 2 atom stereocenters. The first-order chi connectivity index (χ1) is 7.00. The number of rotatable bonds is 3. The fourth-order valence-corrected chi connectivity index (χ4v) is 1.98. The van der Waals surface area contributed by atoms with E-state index in [1.807, 2.05) is 0 Å². The number of nitrogens with one attached hydrogen (secondary N) is 1. The van der Waals surface area contributed by atoms with E-state index < -0.39 is 11.9 Å². The Morgan fingerprint density at radius 3 is 2.67 bits per heavy atom. The van der Waals surface area contributed by atoms with Gasteiger partial charge in [0.15, 0.2) is 0 Å². The largest absolute Gasteiger partial charge is 0.368 e. The summed E-state index contributed by atoms with van der Waals surface area (Å²) < 4.78 is 0. The van der Waals surface area contributed by atoms with Crippen molar-refractivity contribution in [2.45, 2.75) is 38.6 Å². The number of hydrogen-bond acceptors (Lipinski definition) is 3. The Kier molecular flexibility index (Phi) is 3.82. The van der Waals surface area contributed by atoms with Crippen molar-refractivity contribution in [1.82, 2.24) is 5.32 Å². The average molecular weight is 212 g/mol. The van der Waals surface area contributed by atoms with Crippen molar-refractivity contribution in [3.05, 3.63) is 0 Å². The number of carbonyl (C=O) groups excluding carboxylic acids is 3. The normalized spacial score (nSPS) is 23.3. The highest BCUT2D eigenvalue weighted by Crippen LogP contribution is 2.24. The van der Waals surface area contributed by atoms with Crippen LogP contribution in [-0.4, -0.2) is 23.6 Å². The lowest BCUT2D eigenvalue weighted by Gasteiger charge is -2.27. The Bertz CT molecular complexity index is 288. The van der Waals surface area contributed by atoms with E-state index in [1.54, 1.807) is 0 Å². The highest BCUT2D eigenvalue weighted by molar-refractivity contribution is 5.87. The highest BCUT2D eigenvalue weighted by atomic mass is 16.2. The van der Waals surface area contributed by atoms with Gasteiger partial charge in [-0.25, -0.2) is 0 Å². The molecule has 0 aromatic rings. The van der Waals surface area contributed by atoms with E-state index in [2.05, 4.69) is 5.32 Å². The van der Waals surface area contributed by atoms with Crippen molar-refractivity contribution in [2.24, 2.45) is 11.7 Å². The van der Waals surface area contributed by atoms with Gasteiger partial charge in [-0.2, -0.15) is 0 Å². The van der Waals surface area contributed by atoms with Crippen LogP contribution in [0.25, 0.3) is 0 Å². The van der Waals surface area contributed by atoms with Crippen molar-refractivity contribution >= 4 is 17.6 Å². The molecule has 1 rings (SSSR count). The molecule has 0 saturated heterocycles. The van der Waals surface area contributed by atoms with Gasteiger partial charge in [-0.05, 0) is 18.8 Å². The highest BCUT2D eigenvalue weighted by Gasteiger charge is 2.31. The van der Waals surface area contributed by atoms with Gasteiger partial charge in [-0.1, -0.05) is 0 Å². The number of Topliss-reactive ketones (excluding diaryl/α,β-unsaturated/α-hetero) is 1. The fraction of sp³-hybridized carbons (Fsp3) is 0.700. The lowest BCUT2D eigenvalue weighted by molar-refractivity contribution is -0.129. The Morgan fingerprint density at radius 1 is 1.53 bits per heavy atom. The van der Waals surface area contributed by atoms with Gasteiger partial charge in [-0.15, -0.1) is 0 Å². The molecule has 0 radical (unpaired) electrons. The molecule has 1 saturated carbocycles. The zero-order valence-electron chi connectivity index (χ0n) is 8.79. The van der Waals surface area contributed by atoms with Crippen molar-refractivity contribution in [3.63, 3.8) is 0 Å². The minimum Gasteiger partial charge on any atom is -0.368 e. The lowest BCUT2D eigenvalue weighted by atomic mass is 9.83. The summed E-state index contributed by atoms with van der Waals surface area (Å²) in [4.78, 5) is 33.2. The Morgan fingerprint density at radius 2 is 2.20 bits per heavy atom. The molecule has 84 valence electrons. The van der Waals surface area contributed by atoms with Gasteiger partial charge >= 0.3 is 0 Å². The third-order valence-electron chi connectivity index (χ3n) is 2.66. The van der Waals surface area contributed by atoms with Gasteiger partial charge in [0.05, 0.1) is 0 Å². The summed E-state index contributed by atoms with van der Waals surface area (Å²) in [6.45, 7) is 1.33. The number of nitrogens with two attached hydrogens (primary N) is 1. The van der Waals surface area contributed by atoms with E-state index >= 15 is 0 Å². The third-order valence-corrected chi connectivity index (χ3v) is 2.66. The van der Waals surface area contributed by atoms with Gasteiger partial charge in [0, 0.05) is 19.8 Å². The molecule has 3 N–H and O–H groups in total. The summed E-state index contributed by atoms with van der Waals surface area (Å²) in [5, 5.41) is 2.50. The van der Waals surface area contributed by atoms with E-state index in [0.29, 0.717) is 12.8 Å². The van der Waals surface area contributed by atoms with Crippen molar-refractivity contribution in [3.8, 4) is 0 Å². The summed E-state index contributed by atoms with van der Waals surface area (Å²) in [5.74, 6) is -0.850. The minimum absolute atomic E-state index is 0.132. The third kappa shape index (κ3) is 3.34. The molecule has 2 amide bonds. The molecule has 5 nitrogen and oxygen atoms in total. The maximum absolute atomic E-state index is 11.2. The van der Waals surface area contributed by atoms with Gasteiger partial charge in [-0.3, -0.25) is 14.4 Å². The van der Waals surface area contributed by atoms with Gasteiger partial charge in [0.25, 0.3) is 0 Å². The topological polar surface area (TPSA) is 89.3 Å². The van der Waals surface area contributed by atoms with Crippen LogP contribution in [0.4, 0.5) is 0 Å². The Balaban J connectivity index is 2.66. The average Bonchev–Trinajstić information content (AvgIpc) is 2.13. The maximum atomic E-state index is 11.2. The standard InChI is InChI=1S/C10H16N2O3/c1-6(13)12-9(10(11)15)7-3-2-4-8(14)5-7/h7,9H,2-5H2,1H3,(H2,11,15)(H,12,13)/t7-,9-/m1/s1. The SMILES string of the molecule is CC(=O)N[C@@H](C(N)=O)[C@@H]1CCCC(=O)C1. The van der Waals surface area contributed by atoms with E-state index in [9.17, 15) is 14.4 Å². The van der Waals surface area contributed by atoms with Gasteiger partial charge in [0.1, 0.15) is 11.8 Å². The number of ketones is 1. The second kappa shape index (κ2) is 4.91. The summed E-state index contributed by atoms with van der Waals surface area (Å²) >= 11 is 0. The van der Waals surface area contributed by atoms with Gasteiger partial charge in [0.2, 0.25) is 11.8 Å². The molecule has 0 aliphatic heterocycles. The molecule has 0 spiro atoms. The van der Waals surface area contributed by atoms with Crippen LogP contribution < -0.4 is 11.1 Å². The second-order valence-electron chi connectivity index (χ2n) is 3.98. The first-order valence-electron chi connectivity index (χ1n) is 5.09. The zero-order valence-corrected chi connectivity index (χ0v) is 8.79. The molecule has 1 aliphatic rings. The predicted octanol–water partition coefficient (Wildman–Crippen LogP) is -0.264. The van der Waals surface area contributed by atoms with Crippen LogP contribution in [0.15, 0.2) is 0 Å². The van der Waals surface area contributed by atoms with Crippen molar-refractivity contribution in [1.29, 1.82) is 0 Å². The number of primary amides is 1. The molecule has 5 heteroatoms. The van der Waals surface area contributed by atoms with Crippen LogP contribution in [0, 0.1) is 5.92 Å². The van der Waals surface area contributed by atoms with Crippen LogP contribution >= 0.6 is 0 Å². The van der Waals surface area contributed by atoms with E-state index in [-0.39, 0.29) is 17.6 Å². The van der Waals surface area contributed by atoms with Crippen LogP contribution in [0.5, 0.6) is 0 Å². The van der Waals surface area contributed by atoms with Crippen LogP contribution in [0.1, 0.15) is 32.6 Å². The van der Waals surface area contributed by atoms with E-state index in [1.165, 1.54) is 6.92 Å². The predicted molar refractivity (Wildman–Crippen MR) is 53.8 cm³/mol. The van der Waals surface area contributed by atoms with Crippen molar-refractivity contribution in [2.75, 3.05) is 0 Å². The monoisotopic (exact) mass is 212 g/mol. The van der Waals surface area contributed by atoms with E-state index in [4.69, 9.17) is 5.73 Å². The summed E-state index contributed by atoms with van der Waals surface area (Å²) in [6.07, 6.45) is 2.45. The fourth-order valence-electron chi connectivity index (χ4n) is 1.98. The van der Waals surface area contributed by atoms with Crippen LogP contribution in [0.2, 0.25) is 0 Å². The minimum atomic E-state index is -0.702. The number of carbonyl (C=O) groups is 3. The molecule has 15 heavy (non-hydrogen) atoms. The lowest BCUT2D eigenvalue weighted by Crippen LogP contribution is -2.49. The Hall–Kier alpha value is -1.39. The maximum Gasteiger partial charge on any atom is 0.240 e. The molecule has 0 aromatic carbocycles. The van der Waals surface area contributed by atoms with Crippen LogP contribution in [-0.2, 0) is 14.4 Å². The molecule has 1 fully saturated rings. The number of hydrogen-bond donors (Lipinski definition) is 2. The summed E-state index contributed by atoms with van der Waals surface area (Å²) in [7, 11) is 0. The summed E-state index contributed by atoms with van der Waals surface area (Å²) in [5.41, 5.74) is 5.20. The molecule has 0 heterocycles. The van der Waals surface area contributed by atoms with E-state index in [0.717, 1.165) is 12.8 Å². The molecular weight excluding hydrogens is 196 g/mol. The van der Waals surface area contributed by atoms with Crippen LogP contribution in [0.3, 0.4) is 0 Å². The van der Waals surface area contributed by atoms with Gasteiger partial charge < -0.3 is 11.1 Å². The first-order valence-corrected chi connectivity index (χ1v) is 5.09. The Labute approximate surface area is 88.4 Å². The first kappa shape index (κ1) is 11.7. The molecule has 1 aliphatic carbocycles. The molecule has 0 unspecified atom stereocenters. The second-order valence-corrected chi connectivity index (χ2v) is 3.98. The quantitative estimate of drug-likeness (QED) is 0.675. The number of amides is 2. The molecular formula is C10H16N2O3. The summed E-state index contributed by atoms with van der Waals surface area (Å²) in [6, 6.07) is -0.702. The van der Waals surface area contributed by atoms with Crippen molar-refractivity contribution < 1.29 is 14.4 Å².